The van der Waals surface area contributed by atoms with Crippen LogP contribution in [0.2, 0.25) is 0 Å². The predicted molar refractivity (Wildman–Crippen MR) is 88.5 cm³/mol. The number of aryl methyl sites for hydroxylation is 1. The standard InChI is InChI=1S/C9H13.C8H11.2ClH.Zr/c1-9(2,3)8-6-4-5-7-8;1-2-5-8-6-3-4-7-8;;;/h4-7H,1-3H3;3-4,6-7H,2,5H2,1H3;2*1H;/q2*-1;;;+4/p-2. The van der Waals surface area contributed by atoms with Crippen LogP contribution in [-0.2, 0) is 32.7 Å². The zero-order chi connectivity index (χ0) is 15.4. The first-order valence-corrected chi connectivity index (χ1v) is 13.2. The van der Waals surface area contributed by atoms with E-state index in [0.717, 1.165) is 0 Å². The molecule has 0 N–H and O–H groups in total. The van der Waals surface area contributed by atoms with Crippen molar-refractivity contribution in [3.8, 4) is 0 Å². The molecule has 0 heterocycles. The first-order chi connectivity index (χ1) is 9.45. The Balaban J connectivity index is 0.000000304. The molecule has 3 heteroatoms. The second-order valence-corrected chi connectivity index (χ2v) is 9.27. The molecule has 0 aliphatic rings. The van der Waals surface area contributed by atoms with Gasteiger partial charge in [0.15, 0.2) is 0 Å². The van der Waals surface area contributed by atoms with Crippen LogP contribution in [0.3, 0.4) is 0 Å². The summed E-state index contributed by atoms with van der Waals surface area (Å²) in [7, 11) is 9.87. The normalized spacial score (nSPS) is 9.70. The summed E-state index contributed by atoms with van der Waals surface area (Å²) in [6.45, 7) is 8.88. The molecule has 0 saturated carbocycles. The topological polar surface area (TPSA) is 0 Å². The maximum absolute atomic E-state index is 4.93. The molecule has 0 saturated heterocycles. The maximum atomic E-state index is 4.93. The van der Waals surface area contributed by atoms with Gasteiger partial charge in [-0.15, -0.1) is 0 Å². The van der Waals surface area contributed by atoms with E-state index < -0.39 is 20.8 Å². The third kappa shape index (κ3) is 9.97. The zero-order valence-electron chi connectivity index (χ0n) is 12.8. The molecule has 0 radical (unpaired) electrons. The Kier molecular flexibility index (Phi) is 11.9. The zero-order valence-corrected chi connectivity index (χ0v) is 16.8. The van der Waals surface area contributed by atoms with Crippen molar-refractivity contribution in [1.29, 1.82) is 0 Å². The van der Waals surface area contributed by atoms with Gasteiger partial charge in [0.25, 0.3) is 0 Å². The number of rotatable bonds is 2. The molecule has 0 nitrogen and oxygen atoms in total. The fourth-order valence-corrected chi connectivity index (χ4v) is 1.74. The molecule has 2 aromatic carbocycles. The van der Waals surface area contributed by atoms with Crippen molar-refractivity contribution in [2.45, 2.75) is 46.0 Å². The Bertz CT molecular complexity index is 397. The molecule has 0 aliphatic heterocycles. The third-order valence-electron chi connectivity index (χ3n) is 2.80. The summed E-state index contributed by atoms with van der Waals surface area (Å²) in [5.41, 5.74) is 3.21. The fraction of sp³-hybridized carbons (Fsp3) is 0.412. The van der Waals surface area contributed by atoms with E-state index >= 15 is 0 Å². The molecule has 0 aromatic heterocycles. The van der Waals surface area contributed by atoms with Crippen molar-refractivity contribution in [2.75, 3.05) is 0 Å². The van der Waals surface area contributed by atoms with Crippen molar-refractivity contribution in [3.05, 3.63) is 59.7 Å². The van der Waals surface area contributed by atoms with Crippen LogP contribution in [0.25, 0.3) is 0 Å². The van der Waals surface area contributed by atoms with Gasteiger partial charge in [0.2, 0.25) is 0 Å². The molecular formula is C17H24Cl2Zr. The molecule has 0 amide bonds. The van der Waals surface area contributed by atoms with Crippen LogP contribution >= 0.6 is 17.0 Å². The summed E-state index contributed by atoms with van der Waals surface area (Å²) in [6.07, 6.45) is 2.48. The Morgan fingerprint density at radius 1 is 0.900 bits per heavy atom. The molecule has 0 unspecified atom stereocenters. The predicted octanol–water partition coefficient (Wildman–Crippen LogP) is 6.44. The van der Waals surface area contributed by atoms with Gasteiger partial charge in [-0.25, -0.2) is 24.3 Å². The van der Waals surface area contributed by atoms with E-state index in [0.29, 0.717) is 5.41 Å². The van der Waals surface area contributed by atoms with E-state index in [9.17, 15) is 0 Å². The van der Waals surface area contributed by atoms with Crippen LogP contribution in [0.15, 0.2) is 48.5 Å². The molecule has 110 valence electrons. The van der Waals surface area contributed by atoms with Crippen LogP contribution < -0.4 is 0 Å². The van der Waals surface area contributed by atoms with E-state index in [1.807, 2.05) is 0 Å². The van der Waals surface area contributed by atoms with Crippen LogP contribution in [0, 0.1) is 0 Å². The van der Waals surface area contributed by atoms with Crippen molar-refractivity contribution in [2.24, 2.45) is 0 Å². The quantitative estimate of drug-likeness (QED) is 0.518. The Morgan fingerprint density at radius 2 is 1.30 bits per heavy atom. The Hall–Kier alpha value is 0.163. The fourth-order valence-electron chi connectivity index (χ4n) is 1.74. The first kappa shape index (κ1) is 20.2. The van der Waals surface area contributed by atoms with Crippen molar-refractivity contribution in [1.82, 2.24) is 0 Å². The number of hydrogen-bond acceptors (Lipinski definition) is 0. The third-order valence-corrected chi connectivity index (χ3v) is 2.80. The van der Waals surface area contributed by atoms with Gasteiger partial charge in [0, 0.05) is 0 Å². The summed E-state index contributed by atoms with van der Waals surface area (Å²) in [5.74, 6) is 0. The van der Waals surface area contributed by atoms with E-state index in [-0.39, 0.29) is 0 Å². The first-order valence-electron chi connectivity index (χ1n) is 6.84. The molecule has 0 aliphatic carbocycles. The summed E-state index contributed by atoms with van der Waals surface area (Å²) in [5, 5.41) is 0. The van der Waals surface area contributed by atoms with Gasteiger partial charge in [-0.3, -0.25) is 0 Å². The molecule has 0 atom stereocenters. The summed E-state index contributed by atoms with van der Waals surface area (Å²) in [6, 6.07) is 17.0. The summed E-state index contributed by atoms with van der Waals surface area (Å²) >= 11 is -0.826. The van der Waals surface area contributed by atoms with Crippen molar-refractivity contribution >= 4 is 17.0 Å². The van der Waals surface area contributed by atoms with Gasteiger partial charge in [-0.1, -0.05) is 46.0 Å². The van der Waals surface area contributed by atoms with Crippen LogP contribution in [0.1, 0.15) is 45.2 Å². The average molecular weight is 391 g/mol. The van der Waals surface area contributed by atoms with Crippen LogP contribution in [0.4, 0.5) is 0 Å². The van der Waals surface area contributed by atoms with Gasteiger partial charge in [0.05, 0.1) is 0 Å². The summed E-state index contributed by atoms with van der Waals surface area (Å²) in [4.78, 5) is 0. The SMILES string of the molecule is CC(C)(C)[c-]1cccc1.CCC[c-]1cccc1.[Cl][Zr+2][Cl]. The van der Waals surface area contributed by atoms with Gasteiger partial charge < -0.3 is 0 Å². The molecule has 0 spiro atoms. The van der Waals surface area contributed by atoms with E-state index in [2.05, 4.69) is 76.2 Å². The molecule has 0 fully saturated rings. The van der Waals surface area contributed by atoms with Crippen molar-refractivity contribution in [3.63, 3.8) is 0 Å². The molecular weight excluding hydrogens is 366 g/mol. The van der Waals surface area contributed by atoms with Crippen LogP contribution in [-0.4, -0.2) is 0 Å². The Labute approximate surface area is 142 Å². The summed E-state index contributed by atoms with van der Waals surface area (Å²) < 4.78 is 0. The molecule has 0 bridgehead atoms. The monoisotopic (exact) mass is 388 g/mol. The second kappa shape index (κ2) is 11.8. The van der Waals surface area contributed by atoms with Gasteiger partial charge in [0.1, 0.15) is 0 Å². The van der Waals surface area contributed by atoms with E-state index in [1.54, 1.807) is 0 Å². The van der Waals surface area contributed by atoms with Gasteiger partial charge in [-0.05, 0) is 0 Å². The number of halogens is 2. The average Bonchev–Trinajstić information content (AvgIpc) is 3.03. The molecule has 20 heavy (non-hydrogen) atoms. The van der Waals surface area contributed by atoms with Gasteiger partial charge >= 0.3 is 37.9 Å². The van der Waals surface area contributed by atoms with E-state index in [4.69, 9.17) is 17.0 Å². The minimum absolute atomic E-state index is 0.323. The van der Waals surface area contributed by atoms with Crippen molar-refractivity contribution < 1.29 is 20.8 Å². The minimum atomic E-state index is -0.826. The van der Waals surface area contributed by atoms with E-state index in [1.165, 1.54) is 24.0 Å². The molecule has 2 aromatic rings. The van der Waals surface area contributed by atoms with Crippen LogP contribution in [0.5, 0.6) is 0 Å². The Morgan fingerprint density at radius 3 is 1.60 bits per heavy atom. The second-order valence-electron chi connectivity index (χ2n) is 5.54. The van der Waals surface area contributed by atoms with Gasteiger partial charge in [-0.2, -0.15) is 35.4 Å². The molecule has 2 rings (SSSR count). The number of hydrogen-bond donors (Lipinski definition) is 0.